The van der Waals surface area contributed by atoms with Gasteiger partial charge in [-0.15, -0.1) is 0 Å². The molecule has 0 fully saturated rings. The van der Waals surface area contributed by atoms with E-state index in [1.807, 2.05) is 7.05 Å². The SMILES string of the molecule is CCc1cc[n+](C)c(-c2ccccc2C)n1. The first-order valence-electron chi connectivity index (χ1n) is 5.64. The number of rotatable bonds is 2. The van der Waals surface area contributed by atoms with Crippen molar-refractivity contribution in [3.8, 4) is 11.4 Å². The summed E-state index contributed by atoms with van der Waals surface area (Å²) in [5.41, 5.74) is 3.61. The van der Waals surface area contributed by atoms with Crippen LogP contribution in [0, 0.1) is 6.92 Å². The monoisotopic (exact) mass is 213 g/mol. The fourth-order valence-corrected chi connectivity index (χ4v) is 1.79. The molecule has 0 aliphatic carbocycles. The fourth-order valence-electron chi connectivity index (χ4n) is 1.79. The van der Waals surface area contributed by atoms with E-state index >= 15 is 0 Å². The first-order valence-corrected chi connectivity index (χ1v) is 5.64. The third kappa shape index (κ3) is 1.96. The van der Waals surface area contributed by atoms with Crippen LogP contribution in [0.1, 0.15) is 18.2 Å². The average Bonchev–Trinajstić information content (AvgIpc) is 2.31. The van der Waals surface area contributed by atoms with Gasteiger partial charge in [0.2, 0.25) is 0 Å². The number of nitrogens with zero attached hydrogens (tertiary/aromatic N) is 2. The van der Waals surface area contributed by atoms with Crippen molar-refractivity contribution in [3.63, 3.8) is 0 Å². The van der Waals surface area contributed by atoms with E-state index in [9.17, 15) is 0 Å². The van der Waals surface area contributed by atoms with Crippen LogP contribution in [0.5, 0.6) is 0 Å². The van der Waals surface area contributed by atoms with Crippen molar-refractivity contribution < 1.29 is 4.57 Å². The van der Waals surface area contributed by atoms with E-state index in [1.165, 1.54) is 11.1 Å². The Balaban J connectivity index is 2.59. The molecule has 0 amide bonds. The molecule has 0 atom stereocenters. The van der Waals surface area contributed by atoms with Gasteiger partial charge >= 0.3 is 5.82 Å². The van der Waals surface area contributed by atoms with Crippen molar-refractivity contribution in [1.82, 2.24) is 4.98 Å². The minimum atomic E-state index is 0.972. The van der Waals surface area contributed by atoms with Gasteiger partial charge in [0.05, 0.1) is 18.8 Å². The number of benzene rings is 1. The van der Waals surface area contributed by atoms with Gasteiger partial charge in [-0.3, -0.25) is 0 Å². The van der Waals surface area contributed by atoms with Crippen LogP contribution >= 0.6 is 0 Å². The predicted octanol–water partition coefficient (Wildman–Crippen LogP) is 2.44. The molecular formula is C14H17N2+. The minimum absolute atomic E-state index is 0.972. The van der Waals surface area contributed by atoms with Gasteiger partial charge in [0, 0.05) is 12.5 Å². The van der Waals surface area contributed by atoms with Crippen molar-refractivity contribution >= 4 is 0 Å². The van der Waals surface area contributed by atoms with E-state index in [2.05, 4.69) is 59.9 Å². The lowest BCUT2D eigenvalue weighted by molar-refractivity contribution is -0.663. The van der Waals surface area contributed by atoms with Crippen LogP contribution in [0.2, 0.25) is 0 Å². The van der Waals surface area contributed by atoms with Crippen LogP contribution < -0.4 is 4.57 Å². The Bertz CT molecular complexity index is 504. The Hall–Kier alpha value is -1.70. The molecule has 0 spiro atoms. The maximum atomic E-state index is 4.68. The van der Waals surface area contributed by atoms with Crippen molar-refractivity contribution in [2.24, 2.45) is 7.05 Å². The van der Waals surface area contributed by atoms with Gasteiger partial charge < -0.3 is 0 Å². The van der Waals surface area contributed by atoms with Crippen molar-refractivity contribution in [1.29, 1.82) is 0 Å². The summed E-state index contributed by atoms with van der Waals surface area (Å²) >= 11 is 0. The molecule has 2 rings (SSSR count). The lowest BCUT2D eigenvalue weighted by Gasteiger charge is -2.02. The molecule has 0 N–H and O–H groups in total. The summed E-state index contributed by atoms with van der Waals surface area (Å²) in [7, 11) is 2.04. The molecule has 2 aromatic rings. The molecule has 16 heavy (non-hydrogen) atoms. The van der Waals surface area contributed by atoms with Gasteiger partial charge in [0.15, 0.2) is 5.69 Å². The second-order valence-corrected chi connectivity index (χ2v) is 4.02. The van der Waals surface area contributed by atoms with Crippen molar-refractivity contribution in [2.75, 3.05) is 0 Å². The Morgan fingerprint density at radius 3 is 2.62 bits per heavy atom. The maximum Gasteiger partial charge on any atom is 0.330 e. The molecular weight excluding hydrogens is 196 g/mol. The average molecular weight is 213 g/mol. The molecule has 0 bridgehead atoms. The molecule has 82 valence electrons. The standard InChI is InChI=1S/C14H17N2/c1-4-12-9-10-16(3)14(15-12)13-8-6-5-7-11(13)2/h5-10H,4H2,1-3H3/q+1. The molecule has 0 unspecified atom stereocenters. The summed E-state index contributed by atoms with van der Waals surface area (Å²) < 4.78 is 2.07. The number of hydrogen-bond acceptors (Lipinski definition) is 1. The Labute approximate surface area is 96.6 Å². The number of hydrogen-bond donors (Lipinski definition) is 0. The summed E-state index contributed by atoms with van der Waals surface area (Å²) in [6.45, 7) is 4.25. The zero-order valence-electron chi connectivity index (χ0n) is 10.1. The molecule has 1 aromatic heterocycles. The highest BCUT2D eigenvalue weighted by molar-refractivity contribution is 5.57. The van der Waals surface area contributed by atoms with E-state index in [0.29, 0.717) is 0 Å². The molecule has 0 radical (unpaired) electrons. The van der Waals surface area contributed by atoms with Crippen LogP contribution in [0.15, 0.2) is 36.5 Å². The zero-order chi connectivity index (χ0) is 11.5. The highest BCUT2D eigenvalue weighted by Crippen LogP contribution is 2.17. The molecule has 1 heterocycles. The largest absolute Gasteiger partial charge is 0.330 e. The van der Waals surface area contributed by atoms with Crippen LogP contribution in [-0.4, -0.2) is 4.98 Å². The number of aromatic nitrogens is 2. The van der Waals surface area contributed by atoms with Crippen LogP contribution in [-0.2, 0) is 13.5 Å². The van der Waals surface area contributed by atoms with E-state index < -0.39 is 0 Å². The molecule has 2 nitrogen and oxygen atoms in total. The third-order valence-corrected chi connectivity index (χ3v) is 2.82. The second-order valence-electron chi connectivity index (χ2n) is 4.02. The van der Waals surface area contributed by atoms with Gasteiger partial charge in [-0.2, -0.15) is 0 Å². The minimum Gasteiger partial charge on any atom is -0.233 e. The van der Waals surface area contributed by atoms with Crippen LogP contribution in [0.4, 0.5) is 0 Å². The summed E-state index contributed by atoms with van der Waals surface area (Å²) in [5.74, 6) is 1.04. The summed E-state index contributed by atoms with van der Waals surface area (Å²) in [6.07, 6.45) is 3.05. The van der Waals surface area contributed by atoms with Crippen LogP contribution in [0.3, 0.4) is 0 Å². The molecule has 0 aliphatic rings. The highest BCUT2D eigenvalue weighted by atomic mass is 15.0. The Kier molecular flexibility index (Phi) is 3.00. The topological polar surface area (TPSA) is 16.8 Å². The summed E-state index contributed by atoms with van der Waals surface area (Å²) in [4.78, 5) is 4.68. The summed E-state index contributed by atoms with van der Waals surface area (Å²) in [6, 6.07) is 10.4. The van der Waals surface area contributed by atoms with E-state index in [1.54, 1.807) is 0 Å². The quantitative estimate of drug-likeness (QED) is 0.700. The van der Waals surface area contributed by atoms with E-state index in [0.717, 1.165) is 17.9 Å². The lowest BCUT2D eigenvalue weighted by atomic mass is 10.1. The Morgan fingerprint density at radius 1 is 1.19 bits per heavy atom. The van der Waals surface area contributed by atoms with Gasteiger partial charge in [-0.05, 0) is 23.5 Å². The maximum absolute atomic E-state index is 4.68. The van der Waals surface area contributed by atoms with Gasteiger partial charge in [-0.25, -0.2) is 4.57 Å². The highest BCUT2D eigenvalue weighted by Gasteiger charge is 2.15. The van der Waals surface area contributed by atoms with Crippen molar-refractivity contribution in [2.45, 2.75) is 20.3 Å². The molecule has 0 aliphatic heterocycles. The lowest BCUT2D eigenvalue weighted by Crippen LogP contribution is -2.32. The molecule has 0 saturated heterocycles. The number of aryl methyl sites for hydroxylation is 3. The normalized spacial score (nSPS) is 10.4. The molecule has 1 aromatic carbocycles. The third-order valence-electron chi connectivity index (χ3n) is 2.82. The van der Waals surface area contributed by atoms with E-state index in [-0.39, 0.29) is 0 Å². The molecule has 2 heteroatoms. The smallest absolute Gasteiger partial charge is 0.233 e. The Morgan fingerprint density at radius 2 is 1.94 bits per heavy atom. The second kappa shape index (κ2) is 4.44. The van der Waals surface area contributed by atoms with E-state index in [4.69, 9.17) is 0 Å². The first kappa shape index (κ1) is 10.8. The van der Waals surface area contributed by atoms with Gasteiger partial charge in [0.25, 0.3) is 0 Å². The van der Waals surface area contributed by atoms with Crippen LogP contribution in [0.25, 0.3) is 11.4 Å². The van der Waals surface area contributed by atoms with Gasteiger partial charge in [-0.1, -0.05) is 25.1 Å². The van der Waals surface area contributed by atoms with Gasteiger partial charge in [0.1, 0.15) is 0 Å². The zero-order valence-corrected chi connectivity index (χ0v) is 10.1. The van der Waals surface area contributed by atoms with Crippen molar-refractivity contribution in [3.05, 3.63) is 47.8 Å². The summed E-state index contributed by atoms with van der Waals surface area (Å²) in [5, 5.41) is 0. The molecule has 0 saturated carbocycles. The fraction of sp³-hybridized carbons (Fsp3) is 0.286. The predicted molar refractivity (Wildman–Crippen MR) is 65.0 cm³/mol. The first-order chi connectivity index (χ1) is 7.72.